The van der Waals surface area contributed by atoms with E-state index in [0.717, 1.165) is 17.8 Å². The lowest BCUT2D eigenvalue weighted by atomic mass is 9.92. The smallest absolute Gasteiger partial charge is 0.00171 e. The molecule has 0 amide bonds. The number of hydrogen-bond donors (Lipinski definition) is 1. The van der Waals surface area contributed by atoms with Gasteiger partial charge in [-0.15, -0.1) is 0 Å². The third-order valence-corrected chi connectivity index (χ3v) is 4.28. The average Bonchev–Trinajstić information content (AvgIpc) is 2.77. The predicted molar refractivity (Wildman–Crippen MR) is 63.0 cm³/mol. The summed E-state index contributed by atoms with van der Waals surface area (Å²) in [6.45, 7) is 4.77. The third kappa shape index (κ3) is 1.59. The highest BCUT2D eigenvalue weighted by Gasteiger charge is 2.37. The van der Waals surface area contributed by atoms with E-state index in [1.807, 2.05) is 0 Å². The molecule has 2 atom stereocenters. The van der Waals surface area contributed by atoms with Crippen LogP contribution in [0.1, 0.15) is 29.9 Å². The minimum Gasteiger partial charge on any atom is -0.316 e. The van der Waals surface area contributed by atoms with Crippen LogP contribution in [0.4, 0.5) is 0 Å². The molecule has 80 valence electrons. The zero-order valence-corrected chi connectivity index (χ0v) is 9.37. The molecule has 2 fully saturated rings. The Labute approximate surface area is 91.9 Å². The highest BCUT2D eigenvalue weighted by atomic mass is 14.9. The summed E-state index contributed by atoms with van der Waals surface area (Å²) >= 11 is 0. The highest BCUT2D eigenvalue weighted by molar-refractivity contribution is 5.30. The molecule has 0 spiro atoms. The molecule has 1 saturated carbocycles. The first-order valence-corrected chi connectivity index (χ1v) is 6.11. The van der Waals surface area contributed by atoms with Gasteiger partial charge in [0.25, 0.3) is 0 Å². The molecule has 3 rings (SSSR count). The van der Waals surface area contributed by atoms with Gasteiger partial charge in [-0.25, -0.2) is 0 Å². The number of aryl methyl sites for hydroxylation is 1. The van der Waals surface area contributed by atoms with Gasteiger partial charge in [-0.3, -0.25) is 0 Å². The summed E-state index contributed by atoms with van der Waals surface area (Å²) < 4.78 is 0. The van der Waals surface area contributed by atoms with Crippen molar-refractivity contribution in [3.8, 4) is 0 Å². The summed E-state index contributed by atoms with van der Waals surface area (Å²) in [6, 6.07) is 8.92. The Morgan fingerprint density at radius 2 is 1.73 bits per heavy atom. The summed E-state index contributed by atoms with van der Waals surface area (Å²) in [7, 11) is 0. The summed E-state index contributed by atoms with van der Waals surface area (Å²) in [5.74, 6) is 2.74. The second-order valence-electron chi connectivity index (χ2n) is 5.20. The lowest BCUT2D eigenvalue weighted by molar-refractivity contribution is 0.494. The van der Waals surface area contributed by atoms with Crippen LogP contribution in [0.3, 0.4) is 0 Å². The lowest BCUT2D eigenvalue weighted by Crippen LogP contribution is -2.11. The fraction of sp³-hybridized carbons (Fsp3) is 0.571. The van der Waals surface area contributed by atoms with Crippen LogP contribution in [0.5, 0.6) is 0 Å². The molecule has 1 heteroatoms. The number of fused-ring (bicyclic) bond motifs is 1. The maximum Gasteiger partial charge on any atom is -0.00171 e. The summed E-state index contributed by atoms with van der Waals surface area (Å²) in [5, 5.41) is 3.51. The van der Waals surface area contributed by atoms with Gasteiger partial charge in [0.1, 0.15) is 0 Å². The van der Waals surface area contributed by atoms with Crippen LogP contribution < -0.4 is 5.32 Å². The van der Waals surface area contributed by atoms with Gasteiger partial charge in [-0.1, -0.05) is 24.3 Å². The van der Waals surface area contributed by atoms with Crippen molar-refractivity contribution in [2.45, 2.75) is 25.7 Å². The molecule has 0 bridgehead atoms. The summed E-state index contributed by atoms with van der Waals surface area (Å²) in [5.41, 5.74) is 3.09. The molecular formula is C14H19N. The summed E-state index contributed by atoms with van der Waals surface area (Å²) in [4.78, 5) is 0. The van der Waals surface area contributed by atoms with Crippen LogP contribution in [-0.4, -0.2) is 13.1 Å². The van der Waals surface area contributed by atoms with Gasteiger partial charge < -0.3 is 5.32 Å². The average molecular weight is 201 g/mol. The van der Waals surface area contributed by atoms with Crippen molar-refractivity contribution in [3.63, 3.8) is 0 Å². The Morgan fingerprint density at radius 1 is 1.07 bits per heavy atom. The summed E-state index contributed by atoms with van der Waals surface area (Å²) in [6.07, 6.45) is 2.81. The second kappa shape index (κ2) is 3.64. The quantitative estimate of drug-likeness (QED) is 0.736. The van der Waals surface area contributed by atoms with Crippen LogP contribution in [-0.2, 0) is 0 Å². The topological polar surface area (TPSA) is 12.0 Å². The monoisotopic (exact) mass is 201 g/mol. The zero-order valence-electron chi connectivity index (χ0n) is 9.37. The Kier molecular flexibility index (Phi) is 2.28. The normalized spacial score (nSPS) is 34.3. The molecule has 1 aromatic rings. The van der Waals surface area contributed by atoms with Gasteiger partial charge in [-0.2, -0.15) is 0 Å². The van der Waals surface area contributed by atoms with Crippen molar-refractivity contribution in [2.75, 3.05) is 13.1 Å². The largest absolute Gasteiger partial charge is 0.316 e. The zero-order chi connectivity index (χ0) is 10.3. The standard InChI is InChI=1S/C14H19N/c1-10-4-2-3-5-14(10)11-6-12-8-15-9-13(12)7-11/h2-5,11-13,15H,6-9H2,1H3. The molecular weight excluding hydrogens is 182 g/mol. The SMILES string of the molecule is Cc1ccccc1C1CC2CNCC2C1. The molecule has 1 nitrogen and oxygen atoms in total. The molecule has 0 aromatic heterocycles. The van der Waals surface area contributed by atoms with Gasteiger partial charge in [0.2, 0.25) is 0 Å². The van der Waals surface area contributed by atoms with E-state index in [4.69, 9.17) is 0 Å². The number of nitrogens with one attached hydrogen (secondary N) is 1. The molecule has 1 aliphatic heterocycles. The van der Waals surface area contributed by atoms with Crippen molar-refractivity contribution < 1.29 is 0 Å². The maximum absolute atomic E-state index is 3.51. The molecule has 2 unspecified atom stereocenters. The van der Waals surface area contributed by atoms with E-state index < -0.39 is 0 Å². The molecule has 1 N–H and O–H groups in total. The Morgan fingerprint density at radius 3 is 2.40 bits per heavy atom. The lowest BCUT2D eigenvalue weighted by Gasteiger charge is -2.14. The molecule has 2 aliphatic rings. The first-order valence-electron chi connectivity index (χ1n) is 6.11. The van der Waals surface area contributed by atoms with Crippen molar-refractivity contribution in [3.05, 3.63) is 35.4 Å². The minimum absolute atomic E-state index is 0.836. The van der Waals surface area contributed by atoms with Gasteiger partial charge in [0, 0.05) is 0 Å². The molecule has 0 radical (unpaired) electrons. The highest BCUT2D eigenvalue weighted by Crippen LogP contribution is 2.44. The van der Waals surface area contributed by atoms with E-state index in [1.165, 1.54) is 31.5 Å². The predicted octanol–water partition coefficient (Wildman–Crippen LogP) is 2.71. The van der Waals surface area contributed by atoms with Crippen molar-refractivity contribution in [1.82, 2.24) is 5.32 Å². The maximum atomic E-state index is 3.51. The van der Waals surface area contributed by atoms with E-state index in [-0.39, 0.29) is 0 Å². The van der Waals surface area contributed by atoms with Gasteiger partial charge in [0.15, 0.2) is 0 Å². The molecule has 15 heavy (non-hydrogen) atoms. The number of hydrogen-bond acceptors (Lipinski definition) is 1. The fourth-order valence-electron chi connectivity index (χ4n) is 3.46. The fourth-order valence-corrected chi connectivity index (χ4v) is 3.46. The first kappa shape index (κ1) is 9.41. The van der Waals surface area contributed by atoms with Crippen LogP contribution >= 0.6 is 0 Å². The van der Waals surface area contributed by atoms with E-state index in [0.29, 0.717) is 0 Å². The van der Waals surface area contributed by atoms with E-state index in [2.05, 4.69) is 36.5 Å². The van der Waals surface area contributed by atoms with Gasteiger partial charge >= 0.3 is 0 Å². The Balaban J connectivity index is 1.82. The molecule has 1 aromatic carbocycles. The molecule has 1 aliphatic carbocycles. The Bertz CT molecular complexity index is 346. The van der Waals surface area contributed by atoms with Crippen molar-refractivity contribution in [2.24, 2.45) is 11.8 Å². The Hall–Kier alpha value is -0.820. The van der Waals surface area contributed by atoms with Crippen LogP contribution in [0, 0.1) is 18.8 Å². The van der Waals surface area contributed by atoms with E-state index >= 15 is 0 Å². The first-order chi connectivity index (χ1) is 7.34. The van der Waals surface area contributed by atoms with Gasteiger partial charge in [-0.05, 0) is 61.7 Å². The van der Waals surface area contributed by atoms with Crippen LogP contribution in [0.15, 0.2) is 24.3 Å². The van der Waals surface area contributed by atoms with E-state index in [1.54, 1.807) is 5.56 Å². The van der Waals surface area contributed by atoms with Crippen LogP contribution in [0.25, 0.3) is 0 Å². The number of benzene rings is 1. The molecule has 1 saturated heterocycles. The van der Waals surface area contributed by atoms with Crippen LogP contribution in [0.2, 0.25) is 0 Å². The second-order valence-corrected chi connectivity index (χ2v) is 5.20. The molecule has 1 heterocycles. The third-order valence-electron chi connectivity index (χ3n) is 4.28. The number of rotatable bonds is 1. The van der Waals surface area contributed by atoms with E-state index in [9.17, 15) is 0 Å². The van der Waals surface area contributed by atoms with Crippen molar-refractivity contribution >= 4 is 0 Å². The van der Waals surface area contributed by atoms with Crippen molar-refractivity contribution in [1.29, 1.82) is 0 Å². The minimum atomic E-state index is 0.836. The van der Waals surface area contributed by atoms with Gasteiger partial charge in [0.05, 0.1) is 0 Å².